The van der Waals surface area contributed by atoms with Crippen molar-refractivity contribution in [2.45, 2.75) is 6.92 Å². The van der Waals surface area contributed by atoms with E-state index < -0.39 is 11.9 Å². The fourth-order valence-corrected chi connectivity index (χ4v) is 2.64. The first-order chi connectivity index (χ1) is 13.4. The van der Waals surface area contributed by atoms with E-state index >= 15 is 0 Å². The van der Waals surface area contributed by atoms with E-state index in [0.29, 0.717) is 16.1 Å². The highest BCUT2D eigenvalue weighted by atomic mass is 35.5. The number of methoxy groups -OCH3 is 2. The topological polar surface area (TPSA) is 83.4 Å². The van der Waals surface area contributed by atoms with Gasteiger partial charge in [-0.3, -0.25) is 4.79 Å². The molecule has 0 amide bonds. The van der Waals surface area contributed by atoms with Gasteiger partial charge in [-0.15, -0.1) is 0 Å². The molecule has 1 aliphatic heterocycles. The first-order valence-corrected chi connectivity index (χ1v) is 8.52. The largest absolute Gasteiger partial charge is 0.493 e. The summed E-state index contributed by atoms with van der Waals surface area (Å²) in [6.45, 7) is 1.27. The smallest absolute Gasteiger partial charge is 0.363 e. The van der Waals surface area contributed by atoms with Crippen molar-refractivity contribution < 1.29 is 28.5 Å². The van der Waals surface area contributed by atoms with Crippen molar-refractivity contribution in [3.63, 3.8) is 0 Å². The van der Waals surface area contributed by atoms with Gasteiger partial charge in [-0.1, -0.05) is 11.6 Å². The molecule has 8 heteroatoms. The number of hydrogen-bond acceptors (Lipinski definition) is 7. The van der Waals surface area contributed by atoms with Crippen molar-refractivity contribution in [1.29, 1.82) is 0 Å². The van der Waals surface area contributed by atoms with Gasteiger partial charge in [0, 0.05) is 17.5 Å². The Morgan fingerprint density at radius 1 is 1.11 bits per heavy atom. The van der Waals surface area contributed by atoms with Gasteiger partial charge in [-0.05, 0) is 48.0 Å². The summed E-state index contributed by atoms with van der Waals surface area (Å²) < 4.78 is 20.9. The highest BCUT2D eigenvalue weighted by molar-refractivity contribution is 6.30. The second-order valence-electron chi connectivity index (χ2n) is 5.69. The van der Waals surface area contributed by atoms with Crippen LogP contribution in [0, 0.1) is 0 Å². The van der Waals surface area contributed by atoms with Crippen LogP contribution in [0.1, 0.15) is 18.1 Å². The third kappa shape index (κ3) is 4.15. The fourth-order valence-electron chi connectivity index (χ4n) is 2.51. The van der Waals surface area contributed by atoms with E-state index in [2.05, 4.69) is 4.99 Å². The number of esters is 2. The molecule has 2 aromatic carbocycles. The molecule has 3 rings (SSSR count). The Bertz CT molecular complexity index is 969. The van der Waals surface area contributed by atoms with Crippen LogP contribution >= 0.6 is 11.6 Å². The number of hydrogen-bond donors (Lipinski definition) is 0. The summed E-state index contributed by atoms with van der Waals surface area (Å²) in [4.78, 5) is 27.7. The van der Waals surface area contributed by atoms with Crippen LogP contribution in [0.4, 0.5) is 0 Å². The third-order valence-corrected chi connectivity index (χ3v) is 4.00. The number of cyclic esters (lactones) is 1. The number of rotatable bonds is 5. The monoisotopic (exact) mass is 401 g/mol. The van der Waals surface area contributed by atoms with Gasteiger partial charge in [0.05, 0.1) is 14.2 Å². The quantitative estimate of drug-likeness (QED) is 0.432. The highest BCUT2D eigenvalue weighted by Gasteiger charge is 2.25. The summed E-state index contributed by atoms with van der Waals surface area (Å²) >= 11 is 5.87. The van der Waals surface area contributed by atoms with Crippen molar-refractivity contribution in [1.82, 2.24) is 0 Å². The van der Waals surface area contributed by atoms with E-state index in [1.165, 1.54) is 27.2 Å². The summed E-state index contributed by atoms with van der Waals surface area (Å²) in [5, 5.41) is 0.566. The van der Waals surface area contributed by atoms with Gasteiger partial charge in [0.1, 0.15) is 0 Å². The summed E-state index contributed by atoms with van der Waals surface area (Å²) in [5.41, 5.74) is 1.29. The van der Waals surface area contributed by atoms with E-state index in [-0.39, 0.29) is 28.8 Å². The molecular weight excluding hydrogens is 386 g/mol. The van der Waals surface area contributed by atoms with Gasteiger partial charge >= 0.3 is 11.9 Å². The second kappa shape index (κ2) is 8.14. The minimum absolute atomic E-state index is 0.106. The predicted octanol–water partition coefficient (Wildman–Crippen LogP) is 3.63. The lowest BCUT2D eigenvalue weighted by atomic mass is 10.1. The Balaban J connectivity index is 1.99. The maximum absolute atomic E-state index is 12.2. The molecule has 0 aliphatic carbocycles. The lowest BCUT2D eigenvalue weighted by Gasteiger charge is -2.13. The van der Waals surface area contributed by atoms with Crippen LogP contribution in [0.15, 0.2) is 47.1 Å². The normalized spacial score (nSPS) is 14.5. The number of carbonyl (C=O) groups is 2. The Kier molecular flexibility index (Phi) is 5.65. The zero-order valence-corrected chi connectivity index (χ0v) is 16.1. The third-order valence-electron chi connectivity index (χ3n) is 3.74. The summed E-state index contributed by atoms with van der Waals surface area (Å²) in [6, 6.07) is 9.96. The minimum atomic E-state index is -0.591. The molecule has 0 atom stereocenters. The number of carbonyl (C=O) groups excluding carboxylic acids is 2. The molecule has 0 spiro atoms. The summed E-state index contributed by atoms with van der Waals surface area (Å²) in [6.07, 6.45) is 1.52. The van der Waals surface area contributed by atoms with Gasteiger partial charge in [-0.25, -0.2) is 9.79 Å². The molecular formula is C20H16ClNO6. The molecule has 0 aromatic heterocycles. The lowest BCUT2D eigenvalue weighted by molar-refractivity contribution is -0.132. The molecule has 1 aliphatic rings. The van der Waals surface area contributed by atoms with Crippen molar-refractivity contribution in [3.05, 3.63) is 58.2 Å². The number of benzene rings is 2. The molecule has 0 bridgehead atoms. The predicted molar refractivity (Wildman–Crippen MR) is 103 cm³/mol. The number of halogens is 1. The Hall–Kier alpha value is -3.32. The lowest BCUT2D eigenvalue weighted by Crippen LogP contribution is -2.05. The Morgan fingerprint density at radius 2 is 1.71 bits per heavy atom. The maximum atomic E-state index is 12.2. The molecule has 0 unspecified atom stereocenters. The Labute approximate surface area is 166 Å². The maximum Gasteiger partial charge on any atom is 0.363 e. The van der Waals surface area contributed by atoms with E-state index in [1.54, 1.807) is 36.4 Å². The molecule has 2 aromatic rings. The molecule has 0 fully saturated rings. The summed E-state index contributed by atoms with van der Waals surface area (Å²) in [5.74, 6) is -0.224. The first-order valence-electron chi connectivity index (χ1n) is 8.14. The van der Waals surface area contributed by atoms with Gasteiger partial charge < -0.3 is 18.9 Å². The molecule has 1 heterocycles. The van der Waals surface area contributed by atoms with Crippen molar-refractivity contribution in [2.24, 2.45) is 4.99 Å². The zero-order valence-electron chi connectivity index (χ0n) is 15.3. The van der Waals surface area contributed by atoms with Crippen LogP contribution < -0.4 is 14.2 Å². The highest BCUT2D eigenvalue weighted by Crippen LogP contribution is 2.39. The van der Waals surface area contributed by atoms with E-state index in [4.69, 9.17) is 30.5 Å². The van der Waals surface area contributed by atoms with E-state index in [0.717, 1.165) is 0 Å². The first kappa shape index (κ1) is 19.4. The van der Waals surface area contributed by atoms with Gasteiger partial charge in [-0.2, -0.15) is 0 Å². The number of nitrogens with zero attached hydrogens (tertiary/aromatic N) is 1. The second-order valence-corrected chi connectivity index (χ2v) is 6.13. The van der Waals surface area contributed by atoms with Crippen LogP contribution in [0.2, 0.25) is 5.02 Å². The van der Waals surface area contributed by atoms with Gasteiger partial charge in [0.2, 0.25) is 11.6 Å². The molecule has 7 nitrogen and oxygen atoms in total. The van der Waals surface area contributed by atoms with Crippen molar-refractivity contribution >= 4 is 35.5 Å². The van der Waals surface area contributed by atoms with Crippen LogP contribution in [0.5, 0.6) is 17.2 Å². The van der Waals surface area contributed by atoms with Crippen molar-refractivity contribution in [2.75, 3.05) is 14.2 Å². The van der Waals surface area contributed by atoms with Crippen LogP contribution in [0.3, 0.4) is 0 Å². The molecule has 0 N–H and O–H groups in total. The zero-order chi connectivity index (χ0) is 20.3. The fraction of sp³-hybridized carbons (Fsp3) is 0.150. The summed E-state index contributed by atoms with van der Waals surface area (Å²) in [7, 11) is 2.86. The standard InChI is InChI=1S/C20H16ClNO6/c1-11(23)27-18-16(25-2)9-12(10-17(18)26-3)8-15-20(24)28-19(22-15)13-4-6-14(21)7-5-13/h4-10H,1-3H3/b15-8+. The molecule has 28 heavy (non-hydrogen) atoms. The number of ether oxygens (including phenoxy) is 4. The van der Waals surface area contributed by atoms with Crippen LogP contribution in [-0.4, -0.2) is 32.1 Å². The molecule has 0 saturated carbocycles. The van der Waals surface area contributed by atoms with E-state index in [9.17, 15) is 9.59 Å². The molecule has 144 valence electrons. The average molecular weight is 402 g/mol. The Morgan fingerprint density at radius 3 is 2.25 bits per heavy atom. The van der Waals surface area contributed by atoms with Crippen LogP contribution in [-0.2, 0) is 14.3 Å². The SMILES string of the molecule is COc1cc(/C=C2/N=C(c3ccc(Cl)cc3)OC2=O)cc(OC)c1OC(C)=O. The molecule has 0 radical (unpaired) electrons. The minimum Gasteiger partial charge on any atom is -0.493 e. The average Bonchev–Trinajstić information content (AvgIpc) is 3.03. The van der Waals surface area contributed by atoms with Gasteiger partial charge in [0.25, 0.3) is 0 Å². The number of aliphatic imine (C=N–C) groups is 1. The van der Waals surface area contributed by atoms with Crippen molar-refractivity contribution in [3.8, 4) is 17.2 Å². The van der Waals surface area contributed by atoms with Gasteiger partial charge in [0.15, 0.2) is 17.2 Å². The van der Waals surface area contributed by atoms with Crippen LogP contribution in [0.25, 0.3) is 6.08 Å². The molecule has 0 saturated heterocycles. The van der Waals surface area contributed by atoms with E-state index in [1.807, 2.05) is 0 Å².